The summed E-state index contributed by atoms with van der Waals surface area (Å²) >= 11 is 38.3. The van der Waals surface area contributed by atoms with E-state index in [2.05, 4.69) is 0 Å². The third kappa shape index (κ3) is 1.37. The molecule has 0 spiro atoms. The molecule has 0 aromatic heterocycles. The number of alkyl halides is 4. The monoisotopic (exact) mass is 384 g/mol. The molecule has 2 saturated heterocycles. The van der Waals surface area contributed by atoms with Crippen molar-refractivity contribution >= 4 is 69.6 Å². The predicted octanol–water partition coefficient (Wildman–Crippen LogP) is 4.30. The Morgan fingerprint density at radius 2 is 1.79 bits per heavy atom. The third-order valence-corrected chi connectivity index (χ3v) is 7.78. The molecule has 0 aromatic carbocycles. The normalized spacial score (nSPS) is 62.8. The summed E-state index contributed by atoms with van der Waals surface area (Å²) in [4.78, 5) is 8.70. The Kier molecular flexibility index (Phi) is 2.81. The molecule has 106 valence electrons. The van der Waals surface area contributed by atoms with Gasteiger partial charge >= 0.3 is 5.25 Å². The van der Waals surface area contributed by atoms with Gasteiger partial charge in [-0.2, -0.15) is 9.78 Å². The van der Waals surface area contributed by atoms with Gasteiger partial charge in [-0.25, -0.2) is 0 Å². The number of allylic oxidation sites excluding steroid dienone is 1. The summed E-state index contributed by atoms with van der Waals surface area (Å²) in [6.07, 6.45) is 0.544. The molecule has 0 N–H and O–H groups in total. The smallest absolute Gasteiger partial charge is 0.284 e. The molecule has 3 nitrogen and oxygen atoms in total. The van der Waals surface area contributed by atoms with Gasteiger partial charge in [0.05, 0.1) is 5.03 Å². The zero-order valence-electron chi connectivity index (χ0n) is 9.01. The van der Waals surface area contributed by atoms with Crippen LogP contribution in [0.5, 0.6) is 0 Å². The van der Waals surface area contributed by atoms with E-state index in [1.165, 1.54) is 0 Å². The van der Waals surface area contributed by atoms with E-state index in [0.717, 1.165) is 0 Å². The van der Waals surface area contributed by atoms with Gasteiger partial charge in [0.2, 0.25) is 0 Å². The lowest BCUT2D eigenvalue weighted by atomic mass is 9.77. The average molecular weight is 387 g/mol. The Hall–Kier alpha value is 1.36. The molecule has 19 heavy (non-hydrogen) atoms. The Bertz CT molecular complexity index is 513. The summed E-state index contributed by atoms with van der Waals surface area (Å²) in [5.74, 6) is -0.819. The van der Waals surface area contributed by atoms with Crippen molar-refractivity contribution in [1.29, 1.82) is 0 Å². The van der Waals surface area contributed by atoms with Gasteiger partial charge in [-0.05, 0) is 6.42 Å². The molecular weight excluding hydrogens is 381 g/mol. The Morgan fingerprint density at radius 3 is 2.47 bits per heavy atom. The van der Waals surface area contributed by atoms with Crippen molar-refractivity contribution in [3.05, 3.63) is 10.1 Å². The van der Waals surface area contributed by atoms with Crippen molar-refractivity contribution in [2.45, 2.75) is 27.2 Å². The lowest BCUT2D eigenvalue weighted by molar-refractivity contribution is -0.318. The quantitative estimate of drug-likeness (QED) is 0.459. The first-order chi connectivity index (χ1) is 8.75. The molecule has 0 radical (unpaired) electrons. The van der Waals surface area contributed by atoms with E-state index in [0.29, 0.717) is 11.5 Å². The van der Waals surface area contributed by atoms with E-state index in [9.17, 15) is 0 Å². The number of ether oxygens (including phenoxy) is 1. The fourth-order valence-electron chi connectivity index (χ4n) is 3.53. The van der Waals surface area contributed by atoms with E-state index < -0.39 is 15.4 Å². The predicted molar refractivity (Wildman–Crippen MR) is 72.5 cm³/mol. The molecule has 7 atom stereocenters. The van der Waals surface area contributed by atoms with Crippen LogP contribution in [0.1, 0.15) is 6.42 Å². The molecule has 1 saturated carbocycles. The Balaban J connectivity index is 2.00. The van der Waals surface area contributed by atoms with Gasteiger partial charge in [-0.3, -0.25) is 4.74 Å². The maximum atomic E-state index is 6.66. The summed E-state index contributed by atoms with van der Waals surface area (Å²) in [5, 5.41) is -3.15. The van der Waals surface area contributed by atoms with Gasteiger partial charge in [0.15, 0.2) is 4.87 Å². The van der Waals surface area contributed by atoms with E-state index >= 15 is 0 Å². The van der Waals surface area contributed by atoms with Gasteiger partial charge in [-0.15, -0.1) is 23.2 Å². The second kappa shape index (κ2) is 3.81. The number of hydrogen-bond acceptors (Lipinski definition) is 3. The lowest BCUT2D eigenvalue weighted by Gasteiger charge is -2.49. The number of fused-ring (bicyclic) bond motifs is 5. The van der Waals surface area contributed by atoms with Crippen LogP contribution in [-0.4, -0.2) is 20.7 Å². The Labute approximate surface area is 138 Å². The first-order valence-electron chi connectivity index (χ1n) is 5.58. The Morgan fingerprint density at radius 1 is 1.11 bits per heavy atom. The minimum Gasteiger partial charge on any atom is -0.284 e. The molecule has 2 heterocycles. The molecule has 2 aliphatic heterocycles. The van der Waals surface area contributed by atoms with Gasteiger partial charge in [-0.1, -0.05) is 46.4 Å². The first kappa shape index (κ1) is 14.0. The maximum absolute atomic E-state index is 6.66. The van der Waals surface area contributed by atoms with Crippen LogP contribution in [0.4, 0.5) is 0 Å². The van der Waals surface area contributed by atoms with Crippen LogP contribution in [0.15, 0.2) is 10.1 Å². The minimum absolute atomic E-state index is 0.139. The number of rotatable bonds is 0. The second-order valence-corrected chi connectivity index (χ2v) is 8.09. The summed E-state index contributed by atoms with van der Waals surface area (Å²) < 4.78 is 5.51. The van der Waals surface area contributed by atoms with Gasteiger partial charge in [0.25, 0.3) is 5.25 Å². The SMILES string of the molecule is ClC1=C(Cl)C2(Cl)C3C(Cl)C1CC3C1(Cl)OOC2(Cl)O1. The lowest BCUT2D eigenvalue weighted by Crippen LogP contribution is -2.63. The topological polar surface area (TPSA) is 27.7 Å². The highest BCUT2D eigenvalue weighted by Crippen LogP contribution is 2.73. The van der Waals surface area contributed by atoms with Crippen molar-refractivity contribution < 1.29 is 14.5 Å². The molecule has 3 fully saturated rings. The van der Waals surface area contributed by atoms with Crippen molar-refractivity contribution in [1.82, 2.24) is 0 Å². The van der Waals surface area contributed by atoms with Crippen molar-refractivity contribution in [3.8, 4) is 0 Å². The van der Waals surface area contributed by atoms with Gasteiger partial charge < -0.3 is 0 Å². The summed E-state index contributed by atoms with van der Waals surface area (Å²) in [6, 6.07) is 0. The largest absolute Gasteiger partial charge is 0.307 e. The minimum atomic E-state index is -1.85. The van der Waals surface area contributed by atoms with E-state index in [1.54, 1.807) is 0 Å². The molecule has 0 amide bonds. The van der Waals surface area contributed by atoms with Crippen LogP contribution in [0, 0.1) is 17.8 Å². The van der Waals surface area contributed by atoms with Crippen LogP contribution in [-0.2, 0) is 14.5 Å². The fourth-order valence-corrected chi connectivity index (χ4v) is 6.34. The van der Waals surface area contributed by atoms with Crippen molar-refractivity contribution in [2.75, 3.05) is 0 Å². The highest BCUT2D eigenvalue weighted by Gasteiger charge is 2.81. The standard InChI is InChI=1S/C10H6Cl6O3/c11-5-2-1-3-4(5)8(14,7(13)6(2)12)10(16)17-9(3,15)18-19-10/h2-5H,1H2. The maximum Gasteiger partial charge on any atom is 0.307 e. The van der Waals surface area contributed by atoms with E-state index in [-0.39, 0.29) is 28.2 Å². The van der Waals surface area contributed by atoms with E-state index in [4.69, 9.17) is 84.1 Å². The zero-order valence-corrected chi connectivity index (χ0v) is 13.5. The third-order valence-electron chi connectivity index (χ3n) is 4.39. The number of halogens is 6. The summed E-state index contributed by atoms with van der Waals surface area (Å²) in [7, 11) is 0. The van der Waals surface area contributed by atoms with Crippen LogP contribution in [0.3, 0.4) is 0 Å². The molecule has 0 aromatic rings. The molecular formula is C10H6Cl6O3. The van der Waals surface area contributed by atoms with Gasteiger partial charge in [0.1, 0.15) is 0 Å². The summed E-state index contributed by atoms with van der Waals surface area (Å²) in [6.45, 7) is 0. The van der Waals surface area contributed by atoms with Gasteiger partial charge in [0, 0.05) is 28.2 Å². The average Bonchev–Trinajstić information content (AvgIpc) is 2.82. The van der Waals surface area contributed by atoms with Crippen LogP contribution in [0.2, 0.25) is 0 Å². The van der Waals surface area contributed by atoms with Crippen LogP contribution < -0.4 is 0 Å². The highest BCUT2D eigenvalue weighted by molar-refractivity contribution is 6.48. The zero-order chi connectivity index (χ0) is 13.8. The fraction of sp³-hybridized carbons (Fsp3) is 0.800. The second-order valence-electron chi connectivity index (χ2n) is 5.18. The van der Waals surface area contributed by atoms with Crippen molar-refractivity contribution in [3.63, 3.8) is 0 Å². The first-order valence-corrected chi connectivity index (χ1v) is 7.91. The highest BCUT2D eigenvalue weighted by atomic mass is 35.5. The molecule has 9 heteroatoms. The molecule has 4 aliphatic rings. The van der Waals surface area contributed by atoms with Crippen LogP contribution >= 0.6 is 69.6 Å². The van der Waals surface area contributed by atoms with Crippen LogP contribution in [0.25, 0.3) is 0 Å². The molecule has 7 unspecified atom stereocenters. The molecule has 2 aliphatic carbocycles. The van der Waals surface area contributed by atoms with E-state index in [1.807, 2.05) is 0 Å². The molecule has 4 rings (SSSR count). The molecule has 4 bridgehead atoms. The summed E-state index contributed by atoms with van der Waals surface area (Å²) in [5.41, 5.74) is 0. The van der Waals surface area contributed by atoms with Crippen molar-refractivity contribution in [2.24, 2.45) is 17.8 Å². The number of hydrogen-bond donors (Lipinski definition) is 0.